The molecule has 1 saturated heterocycles. The molecule has 2 heterocycles. The van der Waals surface area contributed by atoms with Crippen molar-refractivity contribution < 1.29 is 9.55 Å². The van der Waals surface area contributed by atoms with Crippen molar-refractivity contribution in [3.05, 3.63) is 30.3 Å². The Kier molecular flexibility index (Phi) is 3.71. The second-order valence-electron chi connectivity index (χ2n) is 5.04. The zero-order chi connectivity index (χ0) is 13.9. The van der Waals surface area contributed by atoms with Gasteiger partial charge in [0.25, 0.3) is 11.8 Å². The fourth-order valence-electron chi connectivity index (χ4n) is 2.46. The Morgan fingerprint density at radius 3 is 2.95 bits per heavy atom. The number of benzene rings is 1. The van der Waals surface area contributed by atoms with E-state index in [0.29, 0.717) is 11.8 Å². The maximum atomic E-state index is 9.34. The minimum atomic E-state index is -0.495. The number of rotatable bonds is 4. The molecule has 0 spiro atoms. The lowest BCUT2D eigenvalue weighted by atomic mass is 9.87. The number of hydrogen-bond donors (Lipinski definition) is 2. The van der Waals surface area contributed by atoms with Crippen molar-refractivity contribution in [3.63, 3.8) is 0 Å². The summed E-state index contributed by atoms with van der Waals surface area (Å²) in [5.41, 5.74) is 0.920. The van der Waals surface area contributed by atoms with E-state index in [4.69, 9.17) is 4.52 Å². The molecule has 1 unspecified atom stereocenters. The molecule has 104 valence electrons. The maximum absolute atomic E-state index is 9.34. The normalized spacial score (nSPS) is 18.5. The van der Waals surface area contributed by atoms with Crippen molar-refractivity contribution in [1.82, 2.24) is 15.4 Å². The molecule has 0 saturated carbocycles. The number of anilines is 1. The van der Waals surface area contributed by atoms with Crippen molar-refractivity contribution in [3.8, 4) is 11.5 Å². The summed E-state index contributed by atoms with van der Waals surface area (Å²) in [5, 5.41) is 16.5. The van der Waals surface area contributed by atoms with Gasteiger partial charge in [0.05, 0.1) is 0 Å². The van der Waals surface area contributed by atoms with Gasteiger partial charge in [-0.2, -0.15) is 4.98 Å². The minimum absolute atomic E-state index is 0.258. The summed E-state index contributed by atoms with van der Waals surface area (Å²) in [6.45, 7) is 3.36. The van der Waals surface area contributed by atoms with E-state index in [9.17, 15) is 5.02 Å². The van der Waals surface area contributed by atoms with Crippen LogP contribution < -0.4 is 10.1 Å². The molecule has 1 fully saturated rings. The van der Waals surface area contributed by atoms with Gasteiger partial charge in [0.15, 0.2) is 0 Å². The van der Waals surface area contributed by atoms with Gasteiger partial charge in [0, 0.05) is 24.7 Å². The summed E-state index contributed by atoms with van der Waals surface area (Å²) >= 11 is 0. The first-order valence-electron chi connectivity index (χ1n) is 6.80. The van der Waals surface area contributed by atoms with Crippen LogP contribution in [-0.4, -0.2) is 41.3 Å². The van der Waals surface area contributed by atoms with Crippen LogP contribution in [0.1, 0.15) is 6.42 Å². The third-order valence-electron chi connectivity index (χ3n) is 3.38. The van der Waals surface area contributed by atoms with Crippen LogP contribution >= 0.6 is 0 Å². The van der Waals surface area contributed by atoms with Crippen LogP contribution in [0.4, 0.5) is 5.95 Å². The lowest BCUT2D eigenvalue weighted by molar-refractivity contribution is 0.430. The molecule has 2 N–H and O–H groups in total. The highest BCUT2D eigenvalue weighted by Gasteiger charge is 2.27. The van der Waals surface area contributed by atoms with Crippen LogP contribution in [0.25, 0.3) is 11.5 Å². The molecule has 1 aliphatic rings. The van der Waals surface area contributed by atoms with Crippen molar-refractivity contribution >= 4 is 13.0 Å². The van der Waals surface area contributed by atoms with Gasteiger partial charge in [0.1, 0.15) is 0 Å². The monoisotopic (exact) mass is 272 g/mol. The first kappa shape index (κ1) is 13.1. The molecule has 7 heteroatoms. The first-order chi connectivity index (χ1) is 9.72. The molecule has 1 atom stereocenters. The maximum Gasteiger partial charge on any atom is 0.373 e. The van der Waals surface area contributed by atoms with E-state index in [0.717, 1.165) is 25.1 Å². The fourth-order valence-corrected chi connectivity index (χ4v) is 2.46. The SMILES string of the molecule is CB(O)NC1CCN(c2noc(-c3ccccc3)n2)C1. The molecular weight excluding hydrogens is 255 g/mol. The van der Waals surface area contributed by atoms with Crippen molar-refractivity contribution in [1.29, 1.82) is 0 Å². The quantitative estimate of drug-likeness (QED) is 0.809. The number of nitrogens with zero attached hydrogens (tertiary/aromatic N) is 3. The molecule has 0 radical (unpaired) electrons. The Labute approximate surface area is 117 Å². The van der Waals surface area contributed by atoms with Gasteiger partial charge in [-0.1, -0.05) is 18.2 Å². The van der Waals surface area contributed by atoms with E-state index in [2.05, 4.69) is 20.3 Å². The van der Waals surface area contributed by atoms with Crippen LogP contribution in [0.2, 0.25) is 6.82 Å². The molecule has 6 nitrogen and oxygen atoms in total. The van der Waals surface area contributed by atoms with Gasteiger partial charge in [-0.05, 0) is 30.5 Å². The molecule has 0 amide bonds. The summed E-state index contributed by atoms with van der Waals surface area (Å²) in [5.74, 6) is 1.14. The van der Waals surface area contributed by atoms with Gasteiger partial charge in [0.2, 0.25) is 0 Å². The van der Waals surface area contributed by atoms with E-state index in [1.54, 1.807) is 6.82 Å². The Hall–Kier alpha value is -1.86. The average molecular weight is 272 g/mol. The smallest absolute Gasteiger partial charge is 0.373 e. The highest BCUT2D eigenvalue weighted by Crippen LogP contribution is 2.22. The molecule has 1 aromatic heterocycles. The molecule has 1 aliphatic heterocycles. The van der Waals surface area contributed by atoms with Gasteiger partial charge in [-0.25, -0.2) is 0 Å². The number of aromatic nitrogens is 2. The molecule has 0 aliphatic carbocycles. The lowest BCUT2D eigenvalue weighted by Gasteiger charge is -2.14. The summed E-state index contributed by atoms with van der Waals surface area (Å²) < 4.78 is 5.31. The summed E-state index contributed by atoms with van der Waals surface area (Å²) in [7, 11) is -0.495. The third-order valence-corrected chi connectivity index (χ3v) is 3.38. The predicted octanol–water partition coefficient (Wildman–Crippen LogP) is 1.02. The second-order valence-corrected chi connectivity index (χ2v) is 5.04. The third kappa shape index (κ3) is 2.83. The van der Waals surface area contributed by atoms with Crippen molar-refractivity contribution in [2.24, 2.45) is 0 Å². The van der Waals surface area contributed by atoms with Gasteiger partial charge in [-0.15, -0.1) is 0 Å². The van der Waals surface area contributed by atoms with Crippen molar-refractivity contribution in [2.45, 2.75) is 19.3 Å². The van der Waals surface area contributed by atoms with Gasteiger partial charge >= 0.3 is 7.05 Å². The Bertz CT molecular complexity index is 561. The van der Waals surface area contributed by atoms with E-state index >= 15 is 0 Å². The predicted molar refractivity (Wildman–Crippen MR) is 77.3 cm³/mol. The van der Waals surface area contributed by atoms with Gasteiger partial charge < -0.3 is 19.7 Å². The highest BCUT2D eigenvalue weighted by molar-refractivity contribution is 6.45. The van der Waals surface area contributed by atoms with Crippen LogP contribution in [0, 0.1) is 0 Å². The number of nitrogens with one attached hydrogen (secondary N) is 1. The molecule has 3 rings (SSSR count). The topological polar surface area (TPSA) is 74.4 Å². The molecular formula is C13H17BN4O2. The van der Waals surface area contributed by atoms with Crippen LogP contribution in [0.5, 0.6) is 0 Å². The molecule has 2 aromatic rings. The molecule has 1 aromatic carbocycles. The first-order valence-corrected chi connectivity index (χ1v) is 6.80. The fraction of sp³-hybridized carbons (Fsp3) is 0.385. The summed E-state index contributed by atoms with van der Waals surface area (Å²) in [6.07, 6.45) is 0.958. The van der Waals surface area contributed by atoms with E-state index in [1.807, 2.05) is 30.3 Å². The second kappa shape index (κ2) is 5.64. The van der Waals surface area contributed by atoms with Crippen LogP contribution in [-0.2, 0) is 0 Å². The van der Waals surface area contributed by atoms with Crippen LogP contribution in [0.3, 0.4) is 0 Å². The highest BCUT2D eigenvalue weighted by atomic mass is 16.5. The van der Waals surface area contributed by atoms with E-state index in [-0.39, 0.29) is 6.04 Å². The number of hydrogen-bond acceptors (Lipinski definition) is 6. The average Bonchev–Trinajstić information content (AvgIpc) is 3.07. The summed E-state index contributed by atoms with van der Waals surface area (Å²) in [4.78, 5) is 6.50. The molecule has 20 heavy (non-hydrogen) atoms. The standard InChI is InChI=1S/C13H17BN4O2/c1-14(19)16-11-7-8-18(9-11)13-15-12(20-17-13)10-5-3-2-4-6-10/h2-6,11,16,19H,7-9H2,1H3. The van der Waals surface area contributed by atoms with E-state index in [1.165, 1.54) is 0 Å². The largest absolute Gasteiger partial charge is 0.437 e. The minimum Gasteiger partial charge on any atom is -0.437 e. The van der Waals surface area contributed by atoms with Crippen LogP contribution in [0.15, 0.2) is 34.9 Å². The van der Waals surface area contributed by atoms with E-state index < -0.39 is 7.05 Å². The lowest BCUT2D eigenvalue weighted by Crippen LogP contribution is -2.41. The zero-order valence-electron chi connectivity index (χ0n) is 11.4. The van der Waals surface area contributed by atoms with Crippen molar-refractivity contribution in [2.75, 3.05) is 18.0 Å². The Morgan fingerprint density at radius 1 is 1.40 bits per heavy atom. The zero-order valence-corrected chi connectivity index (χ0v) is 11.4. The Balaban J connectivity index is 1.69. The molecule has 0 bridgehead atoms. The Morgan fingerprint density at radius 2 is 2.20 bits per heavy atom. The summed E-state index contributed by atoms with van der Waals surface area (Å²) in [6, 6.07) is 9.98. The van der Waals surface area contributed by atoms with Gasteiger partial charge in [-0.3, -0.25) is 0 Å².